The molecule has 30 heavy (non-hydrogen) atoms. The van der Waals surface area contributed by atoms with Crippen LogP contribution in [0.5, 0.6) is 0 Å². The van der Waals surface area contributed by atoms with E-state index in [1.807, 2.05) is 18.8 Å². The van der Waals surface area contributed by atoms with Crippen LogP contribution in [0.3, 0.4) is 0 Å². The van der Waals surface area contributed by atoms with Crippen LogP contribution in [0.1, 0.15) is 12.8 Å². The van der Waals surface area contributed by atoms with Gasteiger partial charge in [-0.1, -0.05) is 17.7 Å². The molecule has 1 saturated carbocycles. The Bertz CT molecular complexity index is 1120. The lowest BCUT2D eigenvalue weighted by Gasteiger charge is -2.22. The second-order valence-corrected chi connectivity index (χ2v) is 10.0. The first-order valence-corrected chi connectivity index (χ1v) is 11.1. The minimum atomic E-state index is -4.72. The van der Waals surface area contributed by atoms with Gasteiger partial charge in [-0.2, -0.15) is 4.39 Å². The number of aromatic nitrogens is 1. The van der Waals surface area contributed by atoms with Gasteiger partial charge in [0.05, 0.1) is 5.69 Å². The van der Waals surface area contributed by atoms with Crippen molar-refractivity contribution in [1.29, 1.82) is 0 Å². The Morgan fingerprint density at radius 1 is 1.30 bits per heavy atom. The van der Waals surface area contributed by atoms with Crippen LogP contribution in [0.15, 0.2) is 29.2 Å². The van der Waals surface area contributed by atoms with Gasteiger partial charge in [0, 0.05) is 30.6 Å². The number of pyridine rings is 1. The summed E-state index contributed by atoms with van der Waals surface area (Å²) in [6, 6.07) is 4.72. The van der Waals surface area contributed by atoms with Crippen molar-refractivity contribution in [2.24, 2.45) is 5.41 Å². The normalized spacial score (nSPS) is 23.4. The lowest BCUT2D eigenvalue weighted by Crippen LogP contribution is -2.26. The second-order valence-electron chi connectivity index (χ2n) is 8.00. The van der Waals surface area contributed by atoms with Gasteiger partial charge in [0.25, 0.3) is 10.0 Å². The molecule has 1 spiro atoms. The van der Waals surface area contributed by atoms with Gasteiger partial charge in [-0.3, -0.25) is 4.72 Å². The Kier molecular flexibility index (Phi) is 5.14. The van der Waals surface area contributed by atoms with Crippen molar-refractivity contribution in [2.45, 2.75) is 23.8 Å². The molecule has 2 atom stereocenters. The Morgan fingerprint density at radius 2 is 2.03 bits per heavy atom. The fourth-order valence-electron chi connectivity index (χ4n) is 4.29. The van der Waals surface area contributed by atoms with E-state index in [0.29, 0.717) is 19.1 Å². The minimum absolute atomic E-state index is 0.0646. The maximum Gasteiger partial charge on any atom is 0.268 e. The number of hydrogen-bond acceptors (Lipinski definition) is 5. The van der Waals surface area contributed by atoms with Gasteiger partial charge in [0.1, 0.15) is 16.7 Å². The second kappa shape index (κ2) is 7.28. The molecule has 1 saturated heterocycles. The van der Waals surface area contributed by atoms with Gasteiger partial charge < -0.3 is 9.80 Å². The average Bonchev–Trinajstić information content (AvgIpc) is 3.19. The van der Waals surface area contributed by atoms with Crippen molar-refractivity contribution in [3.05, 3.63) is 46.9 Å². The Balaban J connectivity index is 1.64. The molecule has 0 unspecified atom stereocenters. The van der Waals surface area contributed by atoms with Crippen LogP contribution in [0.25, 0.3) is 0 Å². The van der Waals surface area contributed by atoms with Crippen LogP contribution >= 0.6 is 11.6 Å². The summed E-state index contributed by atoms with van der Waals surface area (Å²) in [7, 11) is -0.734. The molecule has 2 aromatic rings. The standard InChI is InChI=1S/C19H20ClF3N4O2S/c1-26(2)13-9-19(13)6-7-27(10-19)12-8-11(21)18(17(23)16(12)20)30(28,29)25-15-5-3-4-14(22)24-15/h3-5,8,13H,6-7,9-10H2,1-2H3,(H,24,25)/t13-,19+/m1/s1. The highest BCUT2D eigenvalue weighted by atomic mass is 35.5. The molecule has 0 bridgehead atoms. The van der Waals surface area contributed by atoms with Crippen molar-refractivity contribution in [3.8, 4) is 0 Å². The first-order valence-electron chi connectivity index (χ1n) is 9.28. The first kappa shape index (κ1) is 21.2. The fourth-order valence-corrected chi connectivity index (χ4v) is 5.76. The third kappa shape index (κ3) is 3.61. The van der Waals surface area contributed by atoms with E-state index in [1.165, 1.54) is 6.07 Å². The summed E-state index contributed by atoms with van der Waals surface area (Å²) >= 11 is 6.14. The van der Waals surface area contributed by atoms with Crippen LogP contribution < -0.4 is 9.62 Å². The van der Waals surface area contributed by atoms with Crippen LogP contribution in [0, 0.1) is 23.0 Å². The van der Waals surface area contributed by atoms with E-state index in [0.717, 1.165) is 31.0 Å². The molecule has 162 valence electrons. The third-order valence-corrected chi connectivity index (χ3v) is 7.57. The Labute approximate surface area is 177 Å². The van der Waals surface area contributed by atoms with Gasteiger partial charge in [-0.25, -0.2) is 22.2 Å². The zero-order valence-electron chi connectivity index (χ0n) is 16.3. The SMILES string of the molecule is CN(C)[C@@H]1C[C@]12CCN(c1cc(F)c(S(=O)(=O)Nc3cccc(F)n3)c(F)c1Cl)C2. The number of sulfonamides is 1. The largest absolute Gasteiger partial charge is 0.370 e. The molecule has 1 aromatic carbocycles. The average molecular weight is 461 g/mol. The van der Waals surface area contributed by atoms with Crippen LogP contribution in [-0.2, 0) is 10.0 Å². The van der Waals surface area contributed by atoms with Gasteiger partial charge in [-0.05, 0) is 39.1 Å². The summed E-state index contributed by atoms with van der Waals surface area (Å²) in [5, 5.41) is -0.469. The van der Waals surface area contributed by atoms with E-state index in [9.17, 15) is 21.6 Å². The van der Waals surface area contributed by atoms with Crippen LogP contribution in [0.4, 0.5) is 24.7 Å². The van der Waals surface area contributed by atoms with Crippen molar-refractivity contribution < 1.29 is 21.6 Å². The van der Waals surface area contributed by atoms with Crippen molar-refractivity contribution in [2.75, 3.05) is 36.8 Å². The van der Waals surface area contributed by atoms with E-state index >= 15 is 0 Å². The first-order chi connectivity index (χ1) is 14.0. The Morgan fingerprint density at radius 3 is 2.67 bits per heavy atom. The molecule has 1 N–H and O–H groups in total. The zero-order valence-corrected chi connectivity index (χ0v) is 17.9. The van der Waals surface area contributed by atoms with Gasteiger partial charge in [-0.15, -0.1) is 0 Å². The highest BCUT2D eigenvalue weighted by molar-refractivity contribution is 7.92. The summed E-state index contributed by atoms with van der Waals surface area (Å²) in [5.41, 5.74) is 0.186. The van der Waals surface area contributed by atoms with Crippen LogP contribution in [-0.4, -0.2) is 51.5 Å². The molecule has 1 aromatic heterocycles. The Hall–Kier alpha value is -2.04. The fraction of sp³-hybridized carbons (Fsp3) is 0.421. The van der Waals surface area contributed by atoms with E-state index < -0.39 is 43.3 Å². The number of hydrogen-bond donors (Lipinski definition) is 1. The van der Waals surface area contributed by atoms with Crippen molar-refractivity contribution in [1.82, 2.24) is 9.88 Å². The maximum absolute atomic E-state index is 14.9. The number of benzene rings is 1. The van der Waals surface area contributed by atoms with Gasteiger partial charge in [0.15, 0.2) is 10.7 Å². The van der Waals surface area contributed by atoms with Crippen molar-refractivity contribution in [3.63, 3.8) is 0 Å². The predicted octanol–water partition coefficient (Wildman–Crippen LogP) is 3.48. The molecular formula is C19H20ClF3N4O2S. The minimum Gasteiger partial charge on any atom is -0.370 e. The van der Waals surface area contributed by atoms with E-state index in [-0.39, 0.29) is 11.1 Å². The molecular weight excluding hydrogens is 441 g/mol. The van der Waals surface area contributed by atoms with Crippen molar-refractivity contribution >= 4 is 33.1 Å². The smallest absolute Gasteiger partial charge is 0.268 e. The van der Waals surface area contributed by atoms with Gasteiger partial charge in [0.2, 0.25) is 5.95 Å². The van der Waals surface area contributed by atoms with E-state index in [4.69, 9.17) is 11.6 Å². The molecule has 2 fully saturated rings. The number of nitrogens with one attached hydrogen (secondary N) is 1. The molecule has 2 heterocycles. The summed E-state index contributed by atoms with van der Waals surface area (Å²) in [5.74, 6) is -4.02. The van der Waals surface area contributed by atoms with E-state index in [1.54, 1.807) is 4.90 Å². The lowest BCUT2D eigenvalue weighted by atomic mass is 10.1. The molecule has 0 radical (unpaired) electrons. The summed E-state index contributed by atoms with van der Waals surface area (Å²) in [4.78, 5) is 6.04. The number of nitrogens with zero attached hydrogens (tertiary/aromatic N) is 3. The molecule has 0 amide bonds. The topological polar surface area (TPSA) is 65.5 Å². The number of anilines is 2. The third-order valence-electron chi connectivity index (χ3n) is 5.82. The molecule has 6 nitrogen and oxygen atoms in total. The van der Waals surface area contributed by atoms with E-state index in [2.05, 4.69) is 9.88 Å². The molecule has 2 aliphatic rings. The summed E-state index contributed by atoms with van der Waals surface area (Å²) in [6.45, 7) is 1.16. The molecule has 4 rings (SSSR count). The number of halogens is 4. The predicted molar refractivity (Wildman–Crippen MR) is 108 cm³/mol. The molecule has 11 heteroatoms. The monoisotopic (exact) mass is 460 g/mol. The highest BCUT2D eigenvalue weighted by Crippen LogP contribution is 2.56. The quantitative estimate of drug-likeness (QED) is 0.546. The number of rotatable bonds is 5. The molecule has 1 aliphatic carbocycles. The van der Waals surface area contributed by atoms with Gasteiger partial charge >= 0.3 is 0 Å². The van der Waals surface area contributed by atoms with Crippen LogP contribution in [0.2, 0.25) is 5.02 Å². The molecule has 1 aliphatic heterocycles. The maximum atomic E-state index is 14.9. The highest BCUT2D eigenvalue weighted by Gasteiger charge is 2.58. The summed E-state index contributed by atoms with van der Waals surface area (Å²) in [6.07, 6.45) is 1.86. The zero-order chi connectivity index (χ0) is 21.8. The lowest BCUT2D eigenvalue weighted by molar-refractivity contribution is 0.335. The summed E-state index contributed by atoms with van der Waals surface area (Å²) < 4.78 is 69.9.